The van der Waals surface area contributed by atoms with Gasteiger partial charge in [-0.1, -0.05) is 26.0 Å². The van der Waals surface area contributed by atoms with Crippen molar-refractivity contribution in [1.82, 2.24) is 5.32 Å². The average Bonchev–Trinajstić information content (AvgIpc) is 3.10. The lowest BCUT2D eigenvalue weighted by atomic mass is 10.0. The van der Waals surface area contributed by atoms with E-state index in [4.69, 9.17) is 9.47 Å². The van der Waals surface area contributed by atoms with Gasteiger partial charge < -0.3 is 19.7 Å². The van der Waals surface area contributed by atoms with Gasteiger partial charge in [0.15, 0.2) is 6.61 Å². The van der Waals surface area contributed by atoms with Crippen molar-refractivity contribution < 1.29 is 28.7 Å². The number of methoxy groups -OCH3 is 1. The zero-order valence-corrected chi connectivity index (χ0v) is 16.4. The van der Waals surface area contributed by atoms with Crippen LogP contribution in [0.2, 0.25) is 0 Å². The Hall–Kier alpha value is -2.90. The normalized spacial score (nSPS) is 14.7. The molecular weight excluding hydrogens is 364 g/mol. The van der Waals surface area contributed by atoms with E-state index < -0.39 is 30.5 Å². The predicted octanol–water partition coefficient (Wildman–Crippen LogP) is 1.67. The largest absolute Gasteiger partial charge is 0.467 e. The summed E-state index contributed by atoms with van der Waals surface area (Å²) >= 11 is 0. The molecule has 1 aromatic carbocycles. The van der Waals surface area contributed by atoms with Gasteiger partial charge in [0.1, 0.15) is 6.04 Å². The van der Waals surface area contributed by atoms with Crippen LogP contribution < -0.4 is 10.2 Å². The fraction of sp³-hybridized carbons (Fsp3) is 0.500. The van der Waals surface area contributed by atoms with E-state index in [9.17, 15) is 19.2 Å². The molecule has 1 fully saturated rings. The van der Waals surface area contributed by atoms with Gasteiger partial charge in [0.05, 0.1) is 18.4 Å². The number of nitrogens with zero attached hydrogens (tertiary/aromatic N) is 1. The number of carbonyl (C=O) groups excluding carboxylic acids is 4. The molecule has 1 N–H and O–H groups in total. The lowest BCUT2D eigenvalue weighted by Gasteiger charge is -2.20. The summed E-state index contributed by atoms with van der Waals surface area (Å²) in [5, 5.41) is 2.53. The minimum Gasteiger partial charge on any atom is -0.467 e. The average molecular weight is 390 g/mol. The van der Waals surface area contributed by atoms with Gasteiger partial charge in [-0.3, -0.25) is 9.59 Å². The van der Waals surface area contributed by atoms with E-state index in [1.165, 1.54) is 7.11 Å². The maximum atomic E-state index is 12.5. The molecule has 1 heterocycles. The Kier molecular flexibility index (Phi) is 7.54. The van der Waals surface area contributed by atoms with Gasteiger partial charge in [0, 0.05) is 13.0 Å². The van der Waals surface area contributed by atoms with Crippen LogP contribution in [0.1, 0.15) is 43.5 Å². The van der Waals surface area contributed by atoms with E-state index in [1.807, 2.05) is 13.8 Å². The van der Waals surface area contributed by atoms with Crippen LogP contribution >= 0.6 is 0 Å². The summed E-state index contributed by atoms with van der Waals surface area (Å²) in [7, 11) is 1.25. The second-order valence-electron chi connectivity index (χ2n) is 7.02. The zero-order valence-electron chi connectivity index (χ0n) is 16.4. The smallest absolute Gasteiger partial charge is 0.340 e. The first-order chi connectivity index (χ1) is 13.3. The number of rotatable bonds is 8. The van der Waals surface area contributed by atoms with Crippen molar-refractivity contribution in [3.8, 4) is 0 Å². The predicted molar refractivity (Wildman–Crippen MR) is 102 cm³/mol. The highest BCUT2D eigenvalue weighted by Gasteiger charge is 2.27. The fourth-order valence-corrected chi connectivity index (χ4v) is 3.06. The van der Waals surface area contributed by atoms with Gasteiger partial charge in [-0.25, -0.2) is 9.59 Å². The quantitative estimate of drug-likeness (QED) is 0.678. The van der Waals surface area contributed by atoms with E-state index >= 15 is 0 Å². The molecule has 1 aliphatic rings. The van der Waals surface area contributed by atoms with Crippen LogP contribution in [0, 0.1) is 5.92 Å². The molecule has 1 saturated heterocycles. The third kappa shape index (κ3) is 5.55. The molecule has 8 nitrogen and oxygen atoms in total. The Balaban J connectivity index is 1.99. The molecular formula is C20H26N2O6. The number of benzene rings is 1. The van der Waals surface area contributed by atoms with E-state index in [-0.39, 0.29) is 17.4 Å². The maximum absolute atomic E-state index is 12.5. The zero-order chi connectivity index (χ0) is 20.7. The van der Waals surface area contributed by atoms with Gasteiger partial charge in [-0.05, 0) is 30.9 Å². The van der Waals surface area contributed by atoms with Gasteiger partial charge >= 0.3 is 11.9 Å². The maximum Gasteiger partial charge on any atom is 0.340 e. The Morgan fingerprint density at radius 3 is 2.54 bits per heavy atom. The number of carbonyl (C=O) groups is 4. The van der Waals surface area contributed by atoms with Gasteiger partial charge in [0.25, 0.3) is 5.91 Å². The molecule has 28 heavy (non-hydrogen) atoms. The fourth-order valence-electron chi connectivity index (χ4n) is 3.06. The number of para-hydroxylation sites is 1. The number of ether oxygens (including phenoxy) is 2. The van der Waals surface area contributed by atoms with Crippen LogP contribution in [0.15, 0.2) is 24.3 Å². The molecule has 0 radical (unpaired) electrons. The van der Waals surface area contributed by atoms with Crippen molar-refractivity contribution in [3.05, 3.63) is 29.8 Å². The number of hydrogen-bond donors (Lipinski definition) is 1. The molecule has 2 amide bonds. The van der Waals surface area contributed by atoms with Gasteiger partial charge in [0.2, 0.25) is 5.91 Å². The van der Waals surface area contributed by atoms with Crippen LogP contribution in [0.4, 0.5) is 5.69 Å². The molecule has 0 aromatic heterocycles. The molecule has 0 saturated carbocycles. The Bertz CT molecular complexity index is 746. The van der Waals surface area contributed by atoms with E-state index in [0.29, 0.717) is 25.1 Å². The van der Waals surface area contributed by atoms with E-state index in [2.05, 4.69) is 5.32 Å². The molecule has 0 bridgehead atoms. The number of esters is 2. The molecule has 1 aromatic rings. The Morgan fingerprint density at radius 2 is 1.93 bits per heavy atom. The lowest BCUT2D eigenvalue weighted by molar-refractivity contribution is -0.145. The van der Waals surface area contributed by atoms with Crippen LogP contribution in [0.25, 0.3) is 0 Å². The highest BCUT2D eigenvalue weighted by Crippen LogP contribution is 2.25. The number of amides is 2. The number of nitrogens with one attached hydrogen (secondary N) is 1. The topological polar surface area (TPSA) is 102 Å². The Morgan fingerprint density at radius 1 is 1.21 bits per heavy atom. The van der Waals surface area contributed by atoms with Crippen LogP contribution in [-0.4, -0.2) is 50.1 Å². The summed E-state index contributed by atoms with van der Waals surface area (Å²) in [6.07, 6.45) is 1.58. The van der Waals surface area contributed by atoms with Crippen molar-refractivity contribution in [2.24, 2.45) is 5.92 Å². The molecule has 152 valence electrons. The SMILES string of the molecule is COC(=O)[C@H](CC(C)C)NC(=O)COC(=O)c1ccccc1N1CCCC1=O. The number of anilines is 1. The minimum atomic E-state index is -0.800. The van der Waals surface area contributed by atoms with E-state index in [1.54, 1.807) is 29.2 Å². The number of hydrogen-bond acceptors (Lipinski definition) is 6. The molecule has 1 atom stereocenters. The van der Waals surface area contributed by atoms with Crippen LogP contribution in [0.5, 0.6) is 0 Å². The highest BCUT2D eigenvalue weighted by atomic mass is 16.5. The highest BCUT2D eigenvalue weighted by molar-refractivity contribution is 6.04. The molecule has 0 aliphatic carbocycles. The molecule has 0 unspecified atom stereocenters. The molecule has 0 spiro atoms. The van der Waals surface area contributed by atoms with Crippen molar-refractivity contribution >= 4 is 29.4 Å². The second-order valence-corrected chi connectivity index (χ2v) is 7.02. The van der Waals surface area contributed by atoms with Crippen molar-refractivity contribution in [2.45, 2.75) is 39.2 Å². The second kappa shape index (κ2) is 9.87. The lowest BCUT2D eigenvalue weighted by Crippen LogP contribution is -2.44. The summed E-state index contributed by atoms with van der Waals surface area (Å²) in [6, 6.07) is 5.83. The van der Waals surface area contributed by atoms with Crippen molar-refractivity contribution in [1.29, 1.82) is 0 Å². The minimum absolute atomic E-state index is 0.0485. The summed E-state index contributed by atoms with van der Waals surface area (Å²) in [4.78, 5) is 49.9. The molecule has 2 rings (SSSR count). The van der Waals surface area contributed by atoms with Crippen molar-refractivity contribution in [2.75, 3.05) is 25.2 Å². The summed E-state index contributed by atoms with van der Waals surface area (Å²) in [6.45, 7) is 3.84. The van der Waals surface area contributed by atoms with Crippen LogP contribution in [0.3, 0.4) is 0 Å². The standard InChI is InChI=1S/C20H26N2O6/c1-13(2)11-15(20(26)27-3)21-17(23)12-28-19(25)14-7-4-5-8-16(14)22-10-6-9-18(22)24/h4-5,7-8,13,15H,6,9-12H2,1-3H3,(H,21,23)/t15-/m0/s1. The third-order valence-corrected chi connectivity index (χ3v) is 4.35. The summed E-state index contributed by atoms with van der Waals surface area (Å²) < 4.78 is 9.80. The monoisotopic (exact) mass is 390 g/mol. The first kappa shape index (κ1) is 21.4. The van der Waals surface area contributed by atoms with E-state index in [0.717, 1.165) is 6.42 Å². The van der Waals surface area contributed by atoms with Crippen molar-refractivity contribution in [3.63, 3.8) is 0 Å². The Labute approximate surface area is 164 Å². The van der Waals surface area contributed by atoms with Crippen LogP contribution in [-0.2, 0) is 23.9 Å². The first-order valence-electron chi connectivity index (χ1n) is 9.27. The summed E-state index contributed by atoms with van der Waals surface area (Å²) in [5.74, 6) is -1.74. The summed E-state index contributed by atoms with van der Waals surface area (Å²) in [5.41, 5.74) is 0.694. The van der Waals surface area contributed by atoms with Gasteiger partial charge in [-0.15, -0.1) is 0 Å². The third-order valence-electron chi connectivity index (χ3n) is 4.35. The first-order valence-corrected chi connectivity index (χ1v) is 9.27. The molecule has 1 aliphatic heterocycles. The molecule has 8 heteroatoms. The van der Waals surface area contributed by atoms with Gasteiger partial charge in [-0.2, -0.15) is 0 Å².